The van der Waals surface area contributed by atoms with Crippen molar-refractivity contribution >= 4 is 17.7 Å². The molecule has 1 fully saturated rings. The van der Waals surface area contributed by atoms with Gasteiger partial charge in [-0.05, 0) is 38.5 Å². The molecule has 0 aromatic carbocycles. The van der Waals surface area contributed by atoms with Gasteiger partial charge < -0.3 is 9.15 Å². The van der Waals surface area contributed by atoms with Crippen LogP contribution < -0.4 is 0 Å². The average molecular weight is 284 g/mol. The van der Waals surface area contributed by atoms with Crippen molar-refractivity contribution in [2.24, 2.45) is 5.92 Å². The van der Waals surface area contributed by atoms with E-state index in [0.29, 0.717) is 17.1 Å². The number of hydrogen-bond acceptors (Lipinski definition) is 6. The molecule has 1 aromatic rings. The molecule has 2 rings (SSSR count). The van der Waals surface area contributed by atoms with Crippen LogP contribution in [0.25, 0.3) is 0 Å². The Hall–Kier alpha value is -1.04. The number of carbonyl (C=O) groups is 1. The molecule has 6 heteroatoms. The van der Waals surface area contributed by atoms with Crippen molar-refractivity contribution < 1.29 is 13.9 Å². The second-order valence-corrected chi connectivity index (χ2v) is 6.01. The van der Waals surface area contributed by atoms with Crippen LogP contribution in [0, 0.1) is 5.92 Å². The molecule has 0 radical (unpaired) electrons. The van der Waals surface area contributed by atoms with E-state index in [2.05, 4.69) is 17.1 Å². The van der Waals surface area contributed by atoms with Gasteiger partial charge in [-0.25, -0.2) is 4.79 Å². The van der Waals surface area contributed by atoms with Crippen LogP contribution in [-0.4, -0.2) is 28.0 Å². The van der Waals surface area contributed by atoms with E-state index in [1.54, 1.807) is 18.7 Å². The Morgan fingerprint density at radius 1 is 1.32 bits per heavy atom. The molecule has 0 saturated heterocycles. The summed E-state index contributed by atoms with van der Waals surface area (Å²) < 4.78 is 10.1. The molecule has 0 amide bonds. The Bertz CT molecular complexity index is 414. The van der Waals surface area contributed by atoms with Crippen molar-refractivity contribution in [3.8, 4) is 0 Å². The lowest BCUT2D eigenvalue weighted by molar-refractivity contribution is 0.0475. The summed E-state index contributed by atoms with van der Waals surface area (Å²) in [4.78, 5) is 11.4. The fourth-order valence-corrected chi connectivity index (χ4v) is 3.34. The average Bonchev–Trinajstić information content (AvgIpc) is 2.88. The van der Waals surface area contributed by atoms with Gasteiger partial charge in [-0.1, -0.05) is 30.2 Å². The van der Waals surface area contributed by atoms with Crippen molar-refractivity contribution in [1.82, 2.24) is 10.2 Å². The summed E-state index contributed by atoms with van der Waals surface area (Å²) in [5.74, 6) is 0.276. The predicted octanol–water partition coefficient (Wildman–Crippen LogP) is 3.31. The highest BCUT2D eigenvalue weighted by Gasteiger charge is 2.24. The first-order valence-corrected chi connectivity index (χ1v) is 7.78. The number of aromatic nitrogens is 2. The summed E-state index contributed by atoms with van der Waals surface area (Å²) in [6, 6.07) is 0. The number of esters is 1. The van der Waals surface area contributed by atoms with Crippen LogP contribution in [0.2, 0.25) is 0 Å². The van der Waals surface area contributed by atoms with Crippen molar-refractivity contribution in [2.75, 3.05) is 6.61 Å². The fourth-order valence-electron chi connectivity index (χ4n) is 2.33. The van der Waals surface area contributed by atoms with Gasteiger partial charge in [0.2, 0.25) is 0 Å². The number of rotatable bonds is 5. The van der Waals surface area contributed by atoms with E-state index in [-0.39, 0.29) is 5.89 Å². The normalized spacial score (nSPS) is 23.3. The van der Waals surface area contributed by atoms with Gasteiger partial charge in [0, 0.05) is 5.25 Å². The highest BCUT2D eigenvalue weighted by molar-refractivity contribution is 7.99. The largest absolute Gasteiger partial charge is 0.459 e. The molecule has 1 heterocycles. The van der Waals surface area contributed by atoms with Crippen LogP contribution in [0.4, 0.5) is 0 Å². The van der Waals surface area contributed by atoms with Gasteiger partial charge in [-0.3, -0.25) is 0 Å². The summed E-state index contributed by atoms with van der Waals surface area (Å²) in [5, 5.41) is 8.62. The van der Waals surface area contributed by atoms with Crippen molar-refractivity contribution in [3.63, 3.8) is 0 Å². The maximum atomic E-state index is 11.4. The lowest BCUT2D eigenvalue weighted by Crippen LogP contribution is -2.15. The van der Waals surface area contributed by atoms with Gasteiger partial charge in [-0.15, -0.1) is 5.10 Å². The number of nitrogens with zero attached hydrogens (tertiary/aromatic N) is 2. The van der Waals surface area contributed by atoms with Crippen LogP contribution in [0.3, 0.4) is 0 Å². The first kappa shape index (κ1) is 14.4. The molecule has 106 valence electrons. The summed E-state index contributed by atoms with van der Waals surface area (Å²) in [6.45, 7) is 4.31. The van der Waals surface area contributed by atoms with Gasteiger partial charge in [0.05, 0.1) is 6.61 Å². The van der Waals surface area contributed by atoms with Crippen molar-refractivity contribution in [2.45, 2.75) is 56.4 Å². The molecule has 1 aliphatic rings. The number of carbonyl (C=O) groups excluding carboxylic acids is 1. The number of thioether (sulfide) groups is 1. The first-order valence-electron chi connectivity index (χ1n) is 6.90. The minimum Gasteiger partial charge on any atom is -0.459 e. The van der Waals surface area contributed by atoms with E-state index in [0.717, 1.165) is 5.92 Å². The molecule has 0 N–H and O–H groups in total. The topological polar surface area (TPSA) is 65.2 Å². The number of hydrogen-bond donors (Lipinski definition) is 0. The molecule has 0 bridgehead atoms. The Balaban J connectivity index is 1.85. The molecule has 1 saturated carbocycles. The second-order valence-electron chi connectivity index (χ2n) is 4.76. The zero-order valence-corrected chi connectivity index (χ0v) is 12.2. The summed E-state index contributed by atoms with van der Waals surface area (Å²) in [7, 11) is 0. The quantitative estimate of drug-likeness (QED) is 0.773. The van der Waals surface area contributed by atoms with Crippen LogP contribution in [0.15, 0.2) is 9.64 Å². The lowest BCUT2D eigenvalue weighted by atomic mass is 9.87. The Labute approximate surface area is 117 Å². The zero-order chi connectivity index (χ0) is 13.7. The van der Waals surface area contributed by atoms with E-state index >= 15 is 0 Å². The van der Waals surface area contributed by atoms with Crippen molar-refractivity contribution in [1.29, 1.82) is 0 Å². The van der Waals surface area contributed by atoms with Gasteiger partial charge >= 0.3 is 11.9 Å². The van der Waals surface area contributed by atoms with Crippen LogP contribution >= 0.6 is 11.8 Å². The standard InChI is InChI=1S/C13H20N2O3S/c1-3-9-5-7-10(8-6-9)19-13-15-14-11(18-13)12(16)17-4-2/h9-10H,3-8H2,1-2H3. The van der Waals surface area contributed by atoms with E-state index in [1.165, 1.54) is 32.1 Å². The third-order valence-electron chi connectivity index (χ3n) is 3.50. The molecular formula is C13H20N2O3S. The minimum atomic E-state index is -0.545. The highest BCUT2D eigenvalue weighted by Crippen LogP contribution is 2.36. The van der Waals surface area contributed by atoms with Crippen LogP contribution in [0.1, 0.15) is 56.6 Å². The van der Waals surface area contributed by atoms with Gasteiger partial charge in [-0.2, -0.15) is 0 Å². The maximum absolute atomic E-state index is 11.4. The van der Waals surface area contributed by atoms with E-state index < -0.39 is 5.97 Å². The molecular weight excluding hydrogens is 264 g/mol. The molecule has 5 nitrogen and oxygen atoms in total. The molecule has 1 aliphatic carbocycles. The molecule has 0 atom stereocenters. The predicted molar refractivity (Wildman–Crippen MR) is 72.1 cm³/mol. The van der Waals surface area contributed by atoms with E-state index in [1.807, 2.05) is 0 Å². The van der Waals surface area contributed by atoms with Crippen LogP contribution in [-0.2, 0) is 4.74 Å². The van der Waals surface area contributed by atoms with Gasteiger partial charge in [0.15, 0.2) is 0 Å². The van der Waals surface area contributed by atoms with Crippen LogP contribution in [0.5, 0.6) is 0 Å². The van der Waals surface area contributed by atoms with E-state index in [4.69, 9.17) is 9.15 Å². The minimum absolute atomic E-state index is 0.0494. The SMILES string of the molecule is CCOC(=O)c1nnc(SC2CCC(CC)CC2)o1. The van der Waals surface area contributed by atoms with E-state index in [9.17, 15) is 4.79 Å². The molecule has 0 unspecified atom stereocenters. The summed E-state index contributed by atoms with van der Waals surface area (Å²) >= 11 is 1.59. The summed E-state index contributed by atoms with van der Waals surface area (Å²) in [5.41, 5.74) is 0. The molecule has 0 spiro atoms. The molecule has 1 aromatic heterocycles. The Morgan fingerprint density at radius 3 is 2.68 bits per heavy atom. The number of ether oxygens (including phenoxy) is 1. The Kier molecular flexibility index (Phi) is 5.24. The lowest BCUT2D eigenvalue weighted by Gasteiger charge is -2.26. The third-order valence-corrected chi connectivity index (χ3v) is 4.67. The molecule has 0 aliphatic heterocycles. The monoisotopic (exact) mass is 284 g/mol. The first-order chi connectivity index (χ1) is 9.22. The Morgan fingerprint density at radius 2 is 2.05 bits per heavy atom. The van der Waals surface area contributed by atoms with Crippen molar-refractivity contribution in [3.05, 3.63) is 5.89 Å². The highest BCUT2D eigenvalue weighted by atomic mass is 32.2. The fraction of sp³-hybridized carbons (Fsp3) is 0.769. The smallest absolute Gasteiger partial charge is 0.396 e. The van der Waals surface area contributed by atoms with Gasteiger partial charge in [0.1, 0.15) is 0 Å². The zero-order valence-electron chi connectivity index (χ0n) is 11.4. The summed E-state index contributed by atoms with van der Waals surface area (Å²) in [6.07, 6.45) is 6.17. The second kappa shape index (κ2) is 6.93. The van der Waals surface area contributed by atoms with Gasteiger partial charge in [0.25, 0.3) is 5.22 Å². The third kappa shape index (κ3) is 3.96. The molecule has 19 heavy (non-hydrogen) atoms. The maximum Gasteiger partial charge on any atom is 0.396 e.